The van der Waals surface area contributed by atoms with Gasteiger partial charge >= 0.3 is 0 Å². The molecule has 0 radical (unpaired) electrons. The van der Waals surface area contributed by atoms with Gasteiger partial charge in [0, 0.05) is 17.8 Å². The number of aromatic nitrogens is 1. The Morgan fingerprint density at radius 1 is 1.43 bits per heavy atom. The van der Waals surface area contributed by atoms with E-state index in [-0.39, 0.29) is 0 Å². The van der Waals surface area contributed by atoms with E-state index >= 15 is 0 Å². The normalized spacial score (nSPS) is 12.9. The summed E-state index contributed by atoms with van der Waals surface area (Å²) in [5, 5.41) is 3.28. The Kier molecular flexibility index (Phi) is 3.89. The van der Waals surface area contributed by atoms with Crippen molar-refractivity contribution in [3.05, 3.63) is 24.0 Å². The molecule has 3 heteroatoms. The van der Waals surface area contributed by atoms with Crippen LogP contribution in [0.25, 0.3) is 0 Å². The highest BCUT2D eigenvalue weighted by Crippen LogP contribution is 2.28. The molecule has 1 rings (SSSR count). The van der Waals surface area contributed by atoms with Crippen LogP contribution in [-0.4, -0.2) is 19.1 Å². The molecule has 0 spiro atoms. The van der Waals surface area contributed by atoms with Crippen molar-refractivity contribution in [3.63, 3.8) is 0 Å². The summed E-state index contributed by atoms with van der Waals surface area (Å²) in [5.41, 5.74) is 1.17. The molecule has 0 amide bonds. The lowest BCUT2D eigenvalue weighted by Crippen LogP contribution is -2.22. The van der Waals surface area contributed by atoms with Crippen LogP contribution in [-0.2, 0) is 0 Å². The van der Waals surface area contributed by atoms with Crippen molar-refractivity contribution >= 4 is 0 Å². The summed E-state index contributed by atoms with van der Waals surface area (Å²) in [6, 6.07) is 2.31. The molecule has 0 fully saturated rings. The van der Waals surface area contributed by atoms with Crippen LogP contribution in [0, 0.1) is 5.92 Å². The van der Waals surface area contributed by atoms with Crippen LogP contribution in [0.1, 0.15) is 25.5 Å². The molecular weight excluding hydrogens is 176 g/mol. The van der Waals surface area contributed by atoms with E-state index in [4.69, 9.17) is 4.74 Å². The maximum atomic E-state index is 5.28. The van der Waals surface area contributed by atoms with Gasteiger partial charge in [-0.05, 0) is 19.0 Å². The number of methoxy groups -OCH3 is 1. The van der Waals surface area contributed by atoms with Gasteiger partial charge in [0.2, 0.25) is 0 Å². The third-order valence-corrected chi connectivity index (χ3v) is 2.35. The molecule has 1 N–H and O–H groups in total. The van der Waals surface area contributed by atoms with Crippen LogP contribution in [0.3, 0.4) is 0 Å². The summed E-state index contributed by atoms with van der Waals surface area (Å²) < 4.78 is 5.28. The maximum absolute atomic E-state index is 5.28. The van der Waals surface area contributed by atoms with Gasteiger partial charge in [0.05, 0.1) is 13.3 Å². The third-order valence-electron chi connectivity index (χ3n) is 2.35. The molecular formula is C11H18N2O. The van der Waals surface area contributed by atoms with Gasteiger partial charge in [-0.25, -0.2) is 0 Å². The van der Waals surface area contributed by atoms with Gasteiger partial charge in [0.25, 0.3) is 0 Å². The maximum Gasteiger partial charge on any atom is 0.141 e. The van der Waals surface area contributed by atoms with Crippen molar-refractivity contribution < 1.29 is 4.74 Å². The number of pyridine rings is 1. The Morgan fingerprint density at radius 3 is 2.64 bits per heavy atom. The monoisotopic (exact) mass is 194 g/mol. The van der Waals surface area contributed by atoms with Crippen molar-refractivity contribution in [2.24, 2.45) is 5.92 Å². The summed E-state index contributed by atoms with van der Waals surface area (Å²) >= 11 is 0. The number of hydrogen-bond donors (Lipinski definition) is 1. The molecule has 1 heterocycles. The van der Waals surface area contributed by atoms with Gasteiger partial charge in [-0.1, -0.05) is 13.8 Å². The summed E-state index contributed by atoms with van der Waals surface area (Å²) in [6.07, 6.45) is 3.55. The van der Waals surface area contributed by atoms with Crippen molar-refractivity contribution in [1.29, 1.82) is 0 Å². The van der Waals surface area contributed by atoms with E-state index in [1.807, 2.05) is 13.1 Å². The second-order valence-electron chi connectivity index (χ2n) is 3.63. The minimum Gasteiger partial charge on any atom is -0.495 e. The van der Waals surface area contributed by atoms with E-state index in [9.17, 15) is 0 Å². The lowest BCUT2D eigenvalue weighted by Gasteiger charge is -2.22. The molecule has 0 saturated heterocycles. The van der Waals surface area contributed by atoms with Gasteiger partial charge in [0.1, 0.15) is 5.75 Å². The zero-order chi connectivity index (χ0) is 10.6. The topological polar surface area (TPSA) is 34.2 Å². The fourth-order valence-electron chi connectivity index (χ4n) is 1.67. The van der Waals surface area contributed by atoms with Crippen LogP contribution < -0.4 is 10.1 Å². The van der Waals surface area contributed by atoms with E-state index in [1.54, 1.807) is 19.5 Å². The minimum absolute atomic E-state index is 0.313. The first-order valence-corrected chi connectivity index (χ1v) is 4.85. The first-order valence-electron chi connectivity index (χ1n) is 4.85. The second-order valence-corrected chi connectivity index (χ2v) is 3.63. The fourth-order valence-corrected chi connectivity index (χ4v) is 1.67. The number of rotatable bonds is 4. The van der Waals surface area contributed by atoms with Crippen LogP contribution in [0.2, 0.25) is 0 Å². The zero-order valence-corrected chi connectivity index (χ0v) is 9.24. The minimum atomic E-state index is 0.313. The average molecular weight is 194 g/mol. The molecule has 3 nitrogen and oxygen atoms in total. The quantitative estimate of drug-likeness (QED) is 0.796. The molecule has 0 aromatic carbocycles. The first kappa shape index (κ1) is 11.0. The van der Waals surface area contributed by atoms with Crippen LogP contribution in [0.5, 0.6) is 5.75 Å². The van der Waals surface area contributed by atoms with Crippen molar-refractivity contribution in [1.82, 2.24) is 10.3 Å². The zero-order valence-electron chi connectivity index (χ0n) is 9.24. The van der Waals surface area contributed by atoms with E-state index in [0.29, 0.717) is 12.0 Å². The Morgan fingerprint density at radius 2 is 2.14 bits per heavy atom. The molecule has 1 unspecified atom stereocenters. The van der Waals surface area contributed by atoms with E-state index < -0.39 is 0 Å². The lowest BCUT2D eigenvalue weighted by atomic mass is 9.96. The molecule has 0 aliphatic rings. The Balaban J connectivity index is 3.02. The Labute approximate surface area is 85.5 Å². The van der Waals surface area contributed by atoms with Crippen molar-refractivity contribution in [2.45, 2.75) is 19.9 Å². The summed E-state index contributed by atoms with van der Waals surface area (Å²) in [6.45, 7) is 4.36. The molecule has 0 aliphatic heterocycles. The number of hydrogen-bond acceptors (Lipinski definition) is 3. The number of nitrogens with zero attached hydrogens (tertiary/aromatic N) is 1. The molecule has 1 atom stereocenters. The van der Waals surface area contributed by atoms with Crippen molar-refractivity contribution in [2.75, 3.05) is 14.2 Å². The highest BCUT2D eigenvalue weighted by atomic mass is 16.5. The summed E-state index contributed by atoms with van der Waals surface area (Å²) in [4.78, 5) is 4.04. The fraction of sp³-hybridized carbons (Fsp3) is 0.545. The van der Waals surface area contributed by atoms with Gasteiger partial charge in [-0.2, -0.15) is 0 Å². The number of ether oxygens (including phenoxy) is 1. The largest absolute Gasteiger partial charge is 0.495 e. The average Bonchev–Trinajstić information content (AvgIpc) is 2.19. The van der Waals surface area contributed by atoms with Crippen LogP contribution in [0.4, 0.5) is 0 Å². The van der Waals surface area contributed by atoms with E-state index in [2.05, 4.69) is 24.1 Å². The highest BCUT2D eigenvalue weighted by Gasteiger charge is 2.17. The predicted molar refractivity (Wildman–Crippen MR) is 57.4 cm³/mol. The standard InChI is InChI=1S/C11H18N2O/c1-8(2)11(12-3)9-5-6-13-7-10(9)14-4/h5-8,11-12H,1-4H3. The second kappa shape index (κ2) is 4.96. The Hall–Kier alpha value is -1.09. The summed E-state index contributed by atoms with van der Waals surface area (Å²) in [7, 11) is 3.64. The van der Waals surface area contributed by atoms with Crippen LogP contribution in [0.15, 0.2) is 18.5 Å². The molecule has 0 aliphatic carbocycles. The molecule has 1 aromatic heterocycles. The van der Waals surface area contributed by atoms with Crippen LogP contribution >= 0.6 is 0 Å². The van der Waals surface area contributed by atoms with Crippen molar-refractivity contribution in [3.8, 4) is 5.75 Å². The predicted octanol–water partition coefficient (Wildman–Crippen LogP) is 2.01. The molecule has 0 bridgehead atoms. The van der Waals surface area contributed by atoms with Gasteiger partial charge in [0.15, 0.2) is 0 Å². The third kappa shape index (κ3) is 2.23. The van der Waals surface area contributed by atoms with Gasteiger partial charge < -0.3 is 10.1 Å². The SMILES string of the molecule is CNC(c1ccncc1OC)C(C)C. The van der Waals surface area contributed by atoms with E-state index in [0.717, 1.165) is 5.75 Å². The molecule has 14 heavy (non-hydrogen) atoms. The Bertz CT molecular complexity index is 286. The van der Waals surface area contributed by atoms with Gasteiger partial charge in [-0.3, -0.25) is 4.98 Å². The number of nitrogens with one attached hydrogen (secondary N) is 1. The lowest BCUT2D eigenvalue weighted by molar-refractivity contribution is 0.379. The van der Waals surface area contributed by atoms with Gasteiger partial charge in [-0.15, -0.1) is 0 Å². The first-order chi connectivity index (χ1) is 6.70. The molecule has 0 saturated carbocycles. The molecule has 1 aromatic rings. The summed E-state index contributed by atoms with van der Waals surface area (Å²) in [5.74, 6) is 1.37. The smallest absolute Gasteiger partial charge is 0.141 e. The molecule has 78 valence electrons. The van der Waals surface area contributed by atoms with E-state index in [1.165, 1.54) is 5.56 Å². The highest BCUT2D eigenvalue weighted by molar-refractivity contribution is 5.33.